The van der Waals surface area contributed by atoms with Gasteiger partial charge in [-0.1, -0.05) is 127 Å². The number of rotatable bonds is 5. The molecule has 4 aromatic heterocycles. The zero-order valence-corrected chi connectivity index (χ0v) is 30.4. The number of hydrogen-bond donors (Lipinski definition) is 0. The fourth-order valence-corrected chi connectivity index (χ4v) is 8.37. The first-order chi connectivity index (χ1) is 28.2. The Balaban J connectivity index is 0.957. The van der Waals surface area contributed by atoms with Crippen molar-refractivity contribution in [1.29, 1.82) is 0 Å². The molecule has 0 saturated carbocycles. The average molecular weight is 731 g/mol. The molecule has 6 nitrogen and oxygen atoms in total. The van der Waals surface area contributed by atoms with Crippen LogP contribution in [0.15, 0.2) is 191 Å². The molecule has 0 aliphatic carbocycles. The second-order valence-corrected chi connectivity index (χ2v) is 14.4. The minimum atomic E-state index is 0.585. The minimum absolute atomic E-state index is 0.585. The fourth-order valence-electron chi connectivity index (χ4n) is 8.37. The Morgan fingerprint density at radius 3 is 1.56 bits per heavy atom. The molecule has 266 valence electrons. The summed E-state index contributed by atoms with van der Waals surface area (Å²) in [6.45, 7) is 0. The van der Waals surface area contributed by atoms with E-state index in [4.69, 9.17) is 23.8 Å². The zero-order valence-electron chi connectivity index (χ0n) is 30.4. The molecule has 0 aliphatic rings. The lowest BCUT2D eigenvalue weighted by molar-refractivity contribution is 0.668. The molecule has 0 atom stereocenters. The van der Waals surface area contributed by atoms with Gasteiger partial charge in [-0.25, -0.2) is 15.0 Å². The van der Waals surface area contributed by atoms with Crippen LogP contribution < -0.4 is 0 Å². The third-order valence-corrected chi connectivity index (χ3v) is 11.1. The third-order valence-electron chi connectivity index (χ3n) is 11.1. The number of para-hydroxylation sites is 3. The Labute approximate surface area is 325 Å². The van der Waals surface area contributed by atoms with E-state index in [1.165, 1.54) is 21.8 Å². The van der Waals surface area contributed by atoms with Crippen molar-refractivity contribution < 1.29 is 8.83 Å². The molecular weight excluding hydrogens is 701 g/mol. The largest absolute Gasteiger partial charge is 0.456 e. The van der Waals surface area contributed by atoms with E-state index in [1.807, 2.05) is 66.7 Å². The summed E-state index contributed by atoms with van der Waals surface area (Å²) in [6.07, 6.45) is 0. The number of fused-ring (bicyclic) bond motifs is 9. The standard InChI is InChI=1S/C51H30N4O2/c1-3-12-31(13-4-1)49-52-50(32-14-5-2-6-15-32)54-51(53-49)34-23-26-39-41-19-11-18-36(48(41)57-47(39)29-34)33-22-25-40-42-30-35(24-27-45(42)56-46(40)28-33)55-43-20-9-7-16-37(43)38-17-8-10-21-44(38)55/h1-30H. The van der Waals surface area contributed by atoms with Crippen molar-refractivity contribution >= 4 is 65.7 Å². The minimum Gasteiger partial charge on any atom is -0.456 e. The Kier molecular flexibility index (Phi) is 6.83. The van der Waals surface area contributed by atoms with Crippen LogP contribution in [-0.2, 0) is 0 Å². The molecule has 0 fully saturated rings. The van der Waals surface area contributed by atoms with Gasteiger partial charge < -0.3 is 13.4 Å². The first-order valence-electron chi connectivity index (χ1n) is 19.0. The molecular formula is C51H30N4O2. The summed E-state index contributed by atoms with van der Waals surface area (Å²) >= 11 is 0. The molecule has 0 aliphatic heterocycles. The van der Waals surface area contributed by atoms with Gasteiger partial charge in [0.1, 0.15) is 22.3 Å². The monoisotopic (exact) mass is 730 g/mol. The van der Waals surface area contributed by atoms with Gasteiger partial charge >= 0.3 is 0 Å². The SMILES string of the molecule is c1ccc(-c2nc(-c3ccccc3)nc(-c3ccc4c(c3)oc3c(-c5ccc6c(c5)oc5ccc(-n7c8ccccc8c8ccccc87)cc56)cccc34)n2)cc1. The number of furan rings is 2. The highest BCUT2D eigenvalue weighted by Crippen LogP contribution is 2.40. The summed E-state index contributed by atoms with van der Waals surface area (Å²) in [5.41, 5.74) is 11.5. The van der Waals surface area contributed by atoms with Crippen LogP contribution in [0.2, 0.25) is 0 Å². The third kappa shape index (κ3) is 5.01. The van der Waals surface area contributed by atoms with E-state index in [0.29, 0.717) is 17.5 Å². The Morgan fingerprint density at radius 2 is 0.877 bits per heavy atom. The van der Waals surface area contributed by atoms with Gasteiger partial charge in [0.15, 0.2) is 17.5 Å². The predicted molar refractivity (Wildman–Crippen MR) is 230 cm³/mol. The first-order valence-corrected chi connectivity index (χ1v) is 19.0. The van der Waals surface area contributed by atoms with Crippen LogP contribution >= 0.6 is 0 Å². The highest BCUT2D eigenvalue weighted by molar-refractivity contribution is 6.13. The second-order valence-electron chi connectivity index (χ2n) is 14.4. The maximum absolute atomic E-state index is 6.72. The quantitative estimate of drug-likeness (QED) is 0.176. The summed E-state index contributed by atoms with van der Waals surface area (Å²) in [4.78, 5) is 14.7. The summed E-state index contributed by atoms with van der Waals surface area (Å²) in [5.74, 6) is 1.83. The summed E-state index contributed by atoms with van der Waals surface area (Å²) in [5, 5.41) is 6.70. The van der Waals surface area contributed by atoms with Crippen molar-refractivity contribution in [3.63, 3.8) is 0 Å². The molecule has 0 radical (unpaired) electrons. The Hall–Kier alpha value is -7.83. The molecule has 0 N–H and O–H groups in total. The van der Waals surface area contributed by atoms with Gasteiger partial charge in [-0.05, 0) is 60.2 Å². The van der Waals surface area contributed by atoms with Crippen LogP contribution in [0, 0.1) is 0 Å². The second kappa shape index (κ2) is 12.3. The average Bonchev–Trinajstić information content (AvgIpc) is 3.95. The fraction of sp³-hybridized carbons (Fsp3) is 0. The van der Waals surface area contributed by atoms with Crippen molar-refractivity contribution in [2.24, 2.45) is 0 Å². The summed E-state index contributed by atoms with van der Waals surface area (Å²) in [7, 11) is 0. The smallest absolute Gasteiger partial charge is 0.164 e. The highest BCUT2D eigenvalue weighted by Gasteiger charge is 2.18. The molecule has 12 aromatic rings. The van der Waals surface area contributed by atoms with Crippen LogP contribution in [0.3, 0.4) is 0 Å². The van der Waals surface area contributed by atoms with Crippen LogP contribution in [0.4, 0.5) is 0 Å². The molecule has 6 heteroatoms. The topological polar surface area (TPSA) is 69.9 Å². The lowest BCUT2D eigenvalue weighted by Gasteiger charge is -2.08. The molecule has 0 spiro atoms. The number of nitrogens with zero attached hydrogens (tertiary/aromatic N) is 4. The number of aromatic nitrogens is 4. The first kappa shape index (κ1) is 31.5. The Morgan fingerprint density at radius 1 is 0.333 bits per heavy atom. The van der Waals surface area contributed by atoms with Gasteiger partial charge in [0.05, 0.1) is 11.0 Å². The van der Waals surface area contributed by atoms with Crippen molar-refractivity contribution in [2.75, 3.05) is 0 Å². The summed E-state index contributed by atoms with van der Waals surface area (Å²) < 4.78 is 15.6. The van der Waals surface area contributed by atoms with Crippen molar-refractivity contribution in [3.8, 4) is 51.0 Å². The van der Waals surface area contributed by atoms with Crippen LogP contribution in [0.25, 0.3) is 117 Å². The zero-order chi connectivity index (χ0) is 37.5. The molecule has 0 amide bonds. The maximum atomic E-state index is 6.72. The summed E-state index contributed by atoms with van der Waals surface area (Å²) in [6, 6.07) is 62.7. The van der Waals surface area contributed by atoms with E-state index >= 15 is 0 Å². The van der Waals surface area contributed by atoms with Gasteiger partial charge in [0.2, 0.25) is 0 Å². The lowest BCUT2D eigenvalue weighted by Crippen LogP contribution is -2.00. The highest BCUT2D eigenvalue weighted by atomic mass is 16.3. The van der Waals surface area contributed by atoms with Crippen LogP contribution in [0.1, 0.15) is 0 Å². The van der Waals surface area contributed by atoms with Gasteiger partial charge in [-0.3, -0.25) is 0 Å². The Bertz CT molecular complexity index is 3410. The van der Waals surface area contributed by atoms with E-state index in [-0.39, 0.29) is 0 Å². The van der Waals surface area contributed by atoms with Gasteiger partial charge in [-0.2, -0.15) is 0 Å². The molecule has 0 saturated heterocycles. The number of hydrogen-bond acceptors (Lipinski definition) is 5. The van der Waals surface area contributed by atoms with E-state index in [2.05, 4.69) is 120 Å². The van der Waals surface area contributed by atoms with Crippen molar-refractivity contribution in [3.05, 3.63) is 182 Å². The molecule has 0 unspecified atom stereocenters. The van der Waals surface area contributed by atoms with Gasteiger partial charge in [0.25, 0.3) is 0 Å². The van der Waals surface area contributed by atoms with E-state index in [9.17, 15) is 0 Å². The van der Waals surface area contributed by atoms with E-state index in [0.717, 1.165) is 77.4 Å². The molecule has 57 heavy (non-hydrogen) atoms. The van der Waals surface area contributed by atoms with Gasteiger partial charge in [-0.15, -0.1) is 0 Å². The lowest BCUT2D eigenvalue weighted by atomic mass is 10.0. The van der Waals surface area contributed by atoms with E-state index < -0.39 is 0 Å². The van der Waals surface area contributed by atoms with Crippen LogP contribution in [0.5, 0.6) is 0 Å². The van der Waals surface area contributed by atoms with E-state index in [1.54, 1.807) is 0 Å². The molecule has 12 rings (SSSR count). The molecule has 4 heterocycles. The number of benzene rings is 8. The van der Waals surface area contributed by atoms with Crippen molar-refractivity contribution in [2.45, 2.75) is 0 Å². The maximum Gasteiger partial charge on any atom is 0.164 e. The normalized spacial score (nSPS) is 11.9. The van der Waals surface area contributed by atoms with Crippen LogP contribution in [-0.4, -0.2) is 19.5 Å². The predicted octanol–water partition coefficient (Wildman–Crippen LogP) is 13.4. The van der Waals surface area contributed by atoms with Crippen molar-refractivity contribution in [1.82, 2.24) is 19.5 Å². The molecule has 0 bridgehead atoms. The van der Waals surface area contributed by atoms with Gasteiger partial charge in [0, 0.05) is 60.3 Å². The molecule has 8 aromatic carbocycles.